The Morgan fingerprint density at radius 3 is 2.79 bits per heavy atom. The summed E-state index contributed by atoms with van der Waals surface area (Å²) in [5.41, 5.74) is 1.01. The Labute approximate surface area is 111 Å². The third-order valence-corrected chi connectivity index (χ3v) is 3.27. The van der Waals surface area contributed by atoms with E-state index < -0.39 is 17.7 Å². The molecular formula is C12H12F2N2O2S. The van der Waals surface area contributed by atoms with Gasteiger partial charge in [-0.2, -0.15) is 0 Å². The van der Waals surface area contributed by atoms with Crippen molar-refractivity contribution in [2.24, 2.45) is 0 Å². The largest absolute Gasteiger partial charge is 0.387 e. The highest BCUT2D eigenvalue weighted by Crippen LogP contribution is 2.15. The molecule has 7 heteroatoms. The average Bonchev–Trinajstić information content (AvgIpc) is 2.78. The first-order valence-electron chi connectivity index (χ1n) is 5.56. The van der Waals surface area contributed by atoms with Crippen molar-refractivity contribution >= 4 is 11.3 Å². The van der Waals surface area contributed by atoms with Crippen LogP contribution in [0.5, 0.6) is 0 Å². The first-order valence-corrected chi connectivity index (χ1v) is 6.44. The van der Waals surface area contributed by atoms with E-state index in [0.717, 1.165) is 23.5 Å². The molecule has 0 saturated carbocycles. The first-order chi connectivity index (χ1) is 9.06. The molecule has 0 fully saturated rings. The fraction of sp³-hybridized carbons (Fsp3) is 0.250. The van der Waals surface area contributed by atoms with Gasteiger partial charge in [-0.05, 0) is 17.7 Å². The van der Waals surface area contributed by atoms with Crippen LogP contribution in [0.15, 0.2) is 28.4 Å². The van der Waals surface area contributed by atoms with Gasteiger partial charge in [0.25, 0.3) is 0 Å². The lowest BCUT2D eigenvalue weighted by molar-refractivity contribution is 0.173. The second kappa shape index (κ2) is 6.05. The smallest absolute Gasteiger partial charge is 0.304 e. The number of aliphatic hydroxyl groups excluding tert-OH is 1. The number of benzene rings is 1. The van der Waals surface area contributed by atoms with E-state index in [9.17, 15) is 18.7 Å². The van der Waals surface area contributed by atoms with Crippen molar-refractivity contribution in [1.82, 2.24) is 10.3 Å². The molecule has 0 saturated heterocycles. The molecule has 0 aliphatic rings. The van der Waals surface area contributed by atoms with Crippen LogP contribution < -0.4 is 10.2 Å². The monoisotopic (exact) mass is 286 g/mol. The standard InChI is InChI=1S/C12H12F2N2O2S/c13-9-2-1-7(3-10(9)14)11(17)5-15-4-8-6-19-12(18)16-8/h1-3,6,11,15,17H,4-5H2,(H,16,18). The van der Waals surface area contributed by atoms with Crippen LogP contribution in [0.25, 0.3) is 0 Å². The predicted molar refractivity (Wildman–Crippen MR) is 68.0 cm³/mol. The zero-order chi connectivity index (χ0) is 13.8. The van der Waals surface area contributed by atoms with Gasteiger partial charge in [-0.25, -0.2) is 8.78 Å². The molecule has 0 spiro atoms. The fourth-order valence-corrected chi connectivity index (χ4v) is 2.16. The number of halogens is 2. The Kier molecular flexibility index (Phi) is 4.41. The Morgan fingerprint density at radius 2 is 2.16 bits per heavy atom. The molecule has 4 nitrogen and oxygen atoms in total. The third-order valence-electron chi connectivity index (χ3n) is 2.55. The molecular weight excluding hydrogens is 274 g/mol. The second-order valence-electron chi connectivity index (χ2n) is 3.99. The third kappa shape index (κ3) is 3.69. The van der Waals surface area contributed by atoms with E-state index in [0.29, 0.717) is 17.8 Å². The lowest BCUT2D eigenvalue weighted by Gasteiger charge is -2.12. The SMILES string of the molecule is O=c1[nH]c(CNCC(O)c2ccc(F)c(F)c2)cs1. The molecule has 2 rings (SSSR count). The lowest BCUT2D eigenvalue weighted by Crippen LogP contribution is -2.21. The fourth-order valence-electron chi connectivity index (χ4n) is 1.58. The number of thiazole rings is 1. The highest BCUT2D eigenvalue weighted by Gasteiger charge is 2.10. The number of aliphatic hydroxyl groups is 1. The van der Waals surface area contributed by atoms with E-state index in [1.165, 1.54) is 6.07 Å². The number of hydrogen-bond donors (Lipinski definition) is 3. The summed E-state index contributed by atoms with van der Waals surface area (Å²) in [6.45, 7) is 0.558. The van der Waals surface area contributed by atoms with Gasteiger partial charge in [0.15, 0.2) is 11.6 Å². The Morgan fingerprint density at radius 1 is 1.37 bits per heavy atom. The van der Waals surface area contributed by atoms with Crippen LogP contribution in [0.1, 0.15) is 17.4 Å². The van der Waals surface area contributed by atoms with Gasteiger partial charge in [-0.1, -0.05) is 17.4 Å². The number of H-pyrrole nitrogens is 1. The second-order valence-corrected chi connectivity index (χ2v) is 4.84. The van der Waals surface area contributed by atoms with Gasteiger partial charge in [0.2, 0.25) is 0 Å². The van der Waals surface area contributed by atoms with Crippen molar-refractivity contribution in [2.75, 3.05) is 6.54 Å². The molecule has 0 aliphatic carbocycles. The van der Waals surface area contributed by atoms with Gasteiger partial charge in [0, 0.05) is 24.2 Å². The first kappa shape index (κ1) is 13.9. The van der Waals surface area contributed by atoms with Crippen molar-refractivity contribution < 1.29 is 13.9 Å². The summed E-state index contributed by atoms with van der Waals surface area (Å²) in [6.07, 6.45) is -0.944. The van der Waals surface area contributed by atoms with Crippen LogP contribution in [0.3, 0.4) is 0 Å². The Bertz CT molecular complexity index is 612. The minimum Gasteiger partial charge on any atom is -0.387 e. The van der Waals surface area contributed by atoms with Gasteiger partial charge in [-0.15, -0.1) is 0 Å². The van der Waals surface area contributed by atoms with Gasteiger partial charge >= 0.3 is 4.87 Å². The maximum absolute atomic E-state index is 13.0. The predicted octanol–water partition coefficient (Wildman–Crippen LogP) is 1.54. The van der Waals surface area contributed by atoms with E-state index in [-0.39, 0.29) is 11.4 Å². The molecule has 0 bridgehead atoms. The van der Waals surface area contributed by atoms with E-state index in [2.05, 4.69) is 10.3 Å². The van der Waals surface area contributed by atoms with Gasteiger partial charge < -0.3 is 15.4 Å². The van der Waals surface area contributed by atoms with Gasteiger partial charge in [-0.3, -0.25) is 4.79 Å². The minimum absolute atomic E-state index is 0.141. The van der Waals surface area contributed by atoms with Gasteiger partial charge in [0.05, 0.1) is 6.10 Å². The molecule has 3 N–H and O–H groups in total. The van der Waals surface area contributed by atoms with E-state index in [4.69, 9.17) is 0 Å². The summed E-state index contributed by atoms with van der Waals surface area (Å²) in [7, 11) is 0. The Balaban J connectivity index is 1.88. The molecule has 0 radical (unpaired) electrons. The highest BCUT2D eigenvalue weighted by atomic mass is 32.1. The number of aromatic amines is 1. The summed E-state index contributed by atoms with van der Waals surface area (Å²) in [5.74, 6) is -1.93. The molecule has 1 aromatic carbocycles. The van der Waals surface area contributed by atoms with E-state index >= 15 is 0 Å². The van der Waals surface area contributed by atoms with Crippen LogP contribution in [0, 0.1) is 11.6 Å². The molecule has 1 aromatic heterocycles. The maximum atomic E-state index is 13.0. The summed E-state index contributed by atoms with van der Waals surface area (Å²) in [5, 5.41) is 14.4. The molecule has 102 valence electrons. The van der Waals surface area contributed by atoms with Crippen molar-refractivity contribution in [3.8, 4) is 0 Å². The maximum Gasteiger partial charge on any atom is 0.304 e. The van der Waals surface area contributed by atoms with Crippen LogP contribution >= 0.6 is 11.3 Å². The van der Waals surface area contributed by atoms with Crippen LogP contribution in [-0.4, -0.2) is 16.6 Å². The van der Waals surface area contributed by atoms with E-state index in [1.54, 1.807) is 5.38 Å². The zero-order valence-electron chi connectivity index (χ0n) is 9.82. The zero-order valence-corrected chi connectivity index (χ0v) is 10.6. The molecule has 1 unspecified atom stereocenters. The number of aromatic nitrogens is 1. The molecule has 1 heterocycles. The average molecular weight is 286 g/mol. The summed E-state index contributed by atoms with van der Waals surface area (Å²) >= 11 is 1.06. The molecule has 19 heavy (non-hydrogen) atoms. The highest BCUT2D eigenvalue weighted by molar-refractivity contribution is 7.07. The van der Waals surface area contributed by atoms with E-state index in [1.807, 2.05) is 0 Å². The van der Waals surface area contributed by atoms with Crippen LogP contribution in [0.4, 0.5) is 8.78 Å². The van der Waals surface area contributed by atoms with Crippen LogP contribution in [0.2, 0.25) is 0 Å². The van der Waals surface area contributed by atoms with Crippen molar-refractivity contribution in [1.29, 1.82) is 0 Å². The normalized spacial score (nSPS) is 12.6. The lowest BCUT2D eigenvalue weighted by atomic mass is 10.1. The summed E-state index contributed by atoms with van der Waals surface area (Å²) < 4.78 is 25.7. The Hall–Kier alpha value is -1.57. The number of nitrogens with one attached hydrogen (secondary N) is 2. The quantitative estimate of drug-likeness (QED) is 0.781. The molecule has 0 amide bonds. The minimum atomic E-state index is -0.987. The number of hydrogen-bond acceptors (Lipinski definition) is 4. The van der Waals surface area contributed by atoms with Crippen molar-refractivity contribution in [3.63, 3.8) is 0 Å². The molecule has 0 aliphatic heterocycles. The van der Waals surface area contributed by atoms with Crippen molar-refractivity contribution in [3.05, 3.63) is 56.1 Å². The van der Waals surface area contributed by atoms with Gasteiger partial charge in [0.1, 0.15) is 0 Å². The summed E-state index contributed by atoms with van der Waals surface area (Å²) in [6, 6.07) is 3.27. The molecule has 2 aromatic rings. The van der Waals surface area contributed by atoms with Crippen molar-refractivity contribution in [2.45, 2.75) is 12.6 Å². The topological polar surface area (TPSA) is 65.1 Å². The van der Waals surface area contributed by atoms with Crippen LogP contribution in [-0.2, 0) is 6.54 Å². The molecule has 1 atom stereocenters. The number of rotatable bonds is 5. The summed E-state index contributed by atoms with van der Waals surface area (Å²) in [4.78, 5) is 13.4.